The highest BCUT2D eigenvalue weighted by Gasteiger charge is 2.42. The lowest BCUT2D eigenvalue weighted by Crippen LogP contribution is -2.37. The standard InChI is InChI=1S/C21H29N5O2/c1-21(2,3)28-20(27)26-13-16-10-25(11-17(16)14-26)12-18-9-24(4)23-19(18)15-5-7-22-8-6-15/h5-9,16-17H,10-14H2,1-4H3. The normalized spacial score (nSPS) is 22.5. The van der Waals surface area contributed by atoms with E-state index in [4.69, 9.17) is 4.74 Å². The zero-order valence-corrected chi connectivity index (χ0v) is 17.1. The molecular weight excluding hydrogens is 354 g/mol. The molecular formula is C21H29N5O2. The van der Waals surface area contributed by atoms with Crippen LogP contribution < -0.4 is 0 Å². The molecule has 4 heterocycles. The van der Waals surface area contributed by atoms with E-state index in [1.54, 1.807) is 12.4 Å². The van der Waals surface area contributed by atoms with Crippen molar-refractivity contribution in [3.05, 3.63) is 36.3 Å². The van der Waals surface area contributed by atoms with Gasteiger partial charge < -0.3 is 9.64 Å². The van der Waals surface area contributed by atoms with Gasteiger partial charge in [0.05, 0.1) is 5.69 Å². The van der Waals surface area contributed by atoms with Crippen molar-refractivity contribution in [2.45, 2.75) is 32.9 Å². The van der Waals surface area contributed by atoms with E-state index in [-0.39, 0.29) is 6.09 Å². The maximum atomic E-state index is 12.3. The number of carbonyl (C=O) groups is 1. The van der Waals surface area contributed by atoms with E-state index in [2.05, 4.69) is 21.2 Å². The molecule has 0 aromatic carbocycles. The predicted octanol–water partition coefficient (Wildman–Crippen LogP) is 2.78. The molecule has 0 N–H and O–H groups in total. The molecule has 7 heteroatoms. The molecule has 7 nitrogen and oxygen atoms in total. The van der Waals surface area contributed by atoms with Crippen molar-refractivity contribution in [3.8, 4) is 11.3 Å². The van der Waals surface area contributed by atoms with E-state index in [1.807, 2.05) is 49.5 Å². The Morgan fingerprint density at radius 2 is 1.79 bits per heavy atom. The molecule has 28 heavy (non-hydrogen) atoms. The highest BCUT2D eigenvalue weighted by atomic mass is 16.6. The van der Waals surface area contributed by atoms with Crippen LogP contribution in [0.5, 0.6) is 0 Å². The molecule has 2 atom stereocenters. The van der Waals surface area contributed by atoms with Crippen LogP contribution in [0, 0.1) is 11.8 Å². The van der Waals surface area contributed by atoms with Gasteiger partial charge in [0.25, 0.3) is 0 Å². The minimum absolute atomic E-state index is 0.180. The SMILES string of the molecule is Cn1cc(CN2CC3CN(C(=O)OC(C)(C)C)CC3C2)c(-c2ccncc2)n1. The Hall–Kier alpha value is -2.41. The second-order valence-electron chi connectivity index (χ2n) is 9.01. The summed E-state index contributed by atoms with van der Waals surface area (Å²) in [5.74, 6) is 1.04. The lowest BCUT2D eigenvalue weighted by Gasteiger charge is -2.26. The van der Waals surface area contributed by atoms with Crippen LogP contribution in [0.15, 0.2) is 30.7 Å². The van der Waals surface area contributed by atoms with Crippen LogP contribution in [-0.4, -0.2) is 62.4 Å². The zero-order valence-electron chi connectivity index (χ0n) is 17.1. The molecule has 2 aliphatic rings. The van der Waals surface area contributed by atoms with Crippen molar-refractivity contribution in [3.63, 3.8) is 0 Å². The van der Waals surface area contributed by atoms with Crippen LogP contribution in [0.25, 0.3) is 11.3 Å². The minimum Gasteiger partial charge on any atom is -0.444 e. The fourth-order valence-corrected chi connectivity index (χ4v) is 4.34. The maximum absolute atomic E-state index is 12.3. The summed E-state index contributed by atoms with van der Waals surface area (Å²) in [6.45, 7) is 10.2. The van der Waals surface area contributed by atoms with Gasteiger partial charge in [-0.2, -0.15) is 5.10 Å². The van der Waals surface area contributed by atoms with Gasteiger partial charge in [-0.15, -0.1) is 0 Å². The molecule has 4 rings (SSSR count). The molecule has 0 bridgehead atoms. The Balaban J connectivity index is 1.39. The topological polar surface area (TPSA) is 63.5 Å². The fourth-order valence-electron chi connectivity index (χ4n) is 4.34. The number of aromatic nitrogens is 3. The number of rotatable bonds is 3. The quantitative estimate of drug-likeness (QED) is 0.816. The van der Waals surface area contributed by atoms with Crippen LogP contribution in [-0.2, 0) is 18.3 Å². The minimum atomic E-state index is -0.440. The van der Waals surface area contributed by atoms with Crippen molar-refractivity contribution in [1.82, 2.24) is 24.6 Å². The van der Waals surface area contributed by atoms with Crippen molar-refractivity contribution < 1.29 is 9.53 Å². The van der Waals surface area contributed by atoms with E-state index < -0.39 is 5.60 Å². The lowest BCUT2D eigenvalue weighted by molar-refractivity contribution is 0.0274. The number of hydrogen-bond donors (Lipinski definition) is 0. The van der Waals surface area contributed by atoms with Crippen LogP contribution in [0.2, 0.25) is 0 Å². The van der Waals surface area contributed by atoms with Gasteiger partial charge in [-0.25, -0.2) is 4.79 Å². The molecule has 2 aromatic rings. The second kappa shape index (κ2) is 7.20. The van der Waals surface area contributed by atoms with Gasteiger partial charge >= 0.3 is 6.09 Å². The van der Waals surface area contributed by atoms with Gasteiger partial charge in [-0.3, -0.25) is 14.6 Å². The van der Waals surface area contributed by atoms with E-state index in [0.29, 0.717) is 11.8 Å². The molecule has 0 saturated carbocycles. The molecule has 150 valence electrons. The van der Waals surface area contributed by atoms with Crippen molar-refractivity contribution >= 4 is 6.09 Å². The van der Waals surface area contributed by atoms with Crippen LogP contribution in [0.4, 0.5) is 4.79 Å². The summed E-state index contributed by atoms with van der Waals surface area (Å²) < 4.78 is 7.42. The Morgan fingerprint density at radius 1 is 1.14 bits per heavy atom. The molecule has 2 aliphatic heterocycles. The fraction of sp³-hybridized carbons (Fsp3) is 0.571. The van der Waals surface area contributed by atoms with E-state index in [9.17, 15) is 4.79 Å². The summed E-state index contributed by atoms with van der Waals surface area (Å²) >= 11 is 0. The number of carbonyl (C=O) groups excluding carboxylic acids is 1. The van der Waals surface area contributed by atoms with Crippen LogP contribution >= 0.6 is 0 Å². The van der Waals surface area contributed by atoms with Crippen molar-refractivity contribution in [2.75, 3.05) is 26.2 Å². The highest BCUT2D eigenvalue weighted by molar-refractivity contribution is 5.68. The van der Waals surface area contributed by atoms with Crippen LogP contribution in [0.1, 0.15) is 26.3 Å². The zero-order chi connectivity index (χ0) is 19.9. The molecule has 2 unspecified atom stereocenters. The summed E-state index contributed by atoms with van der Waals surface area (Å²) in [5, 5.41) is 4.66. The Labute approximate surface area is 166 Å². The Kier molecular flexibility index (Phi) is 4.87. The van der Waals surface area contributed by atoms with Gasteiger partial charge in [0, 0.05) is 69.5 Å². The van der Waals surface area contributed by atoms with E-state index >= 15 is 0 Å². The Bertz CT molecular complexity index is 828. The van der Waals surface area contributed by atoms with E-state index in [0.717, 1.165) is 44.0 Å². The molecule has 2 saturated heterocycles. The van der Waals surface area contributed by atoms with Gasteiger partial charge in [0.2, 0.25) is 0 Å². The third kappa shape index (κ3) is 4.04. The van der Waals surface area contributed by atoms with Crippen molar-refractivity contribution in [2.24, 2.45) is 18.9 Å². The third-order valence-corrected chi connectivity index (χ3v) is 5.47. The molecule has 2 fully saturated rings. The first-order valence-corrected chi connectivity index (χ1v) is 9.92. The first-order chi connectivity index (χ1) is 13.3. The van der Waals surface area contributed by atoms with Gasteiger partial charge in [0.15, 0.2) is 0 Å². The van der Waals surface area contributed by atoms with E-state index in [1.165, 1.54) is 5.56 Å². The average molecular weight is 383 g/mol. The second-order valence-corrected chi connectivity index (χ2v) is 9.01. The Morgan fingerprint density at radius 3 is 2.39 bits per heavy atom. The monoisotopic (exact) mass is 383 g/mol. The van der Waals surface area contributed by atoms with Gasteiger partial charge in [-0.1, -0.05) is 0 Å². The number of fused-ring (bicyclic) bond motifs is 1. The number of nitrogens with zero attached hydrogens (tertiary/aromatic N) is 5. The predicted molar refractivity (Wildman–Crippen MR) is 107 cm³/mol. The summed E-state index contributed by atoms with van der Waals surface area (Å²) in [5.41, 5.74) is 2.92. The molecule has 0 spiro atoms. The van der Waals surface area contributed by atoms with Crippen molar-refractivity contribution in [1.29, 1.82) is 0 Å². The third-order valence-electron chi connectivity index (χ3n) is 5.47. The average Bonchev–Trinajstić information content (AvgIpc) is 3.27. The lowest BCUT2D eigenvalue weighted by atomic mass is 10.0. The van der Waals surface area contributed by atoms with Gasteiger partial charge in [0.1, 0.15) is 5.60 Å². The number of hydrogen-bond acceptors (Lipinski definition) is 5. The van der Waals surface area contributed by atoms with Crippen LogP contribution in [0.3, 0.4) is 0 Å². The summed E-state index contributed by atoms with van der Waals surface area (Å²) in [4.78, 5) is 20.8. The van der Waals surface area contributed by atoms with Gasteiger partial charge in [-0.05, 0) is 44.7 Å². The number of pyridine rings is 1. The maximum Gasteiger partial charge on any atom is 0.410 e. The smallest absolute Gasteiger partial charge is 0.410 e. The summed E-state index contributed by atoms with van der Waals surface area (Å²) in [6.07, 6.45) is 5.54. The highest BCUT2D eigenvalue weighted by Crippen LogP contribution is 2.33. The molecule has 2 aromatic heterocycles. The first kappa shape index (κ1) is 18.9. The molecule has 0 aliphatic carbocycles. The molecule has 0 radical (unpaired) electrons. The largest absolute Gasteiger partial charge is 0.444 e. The summed E-state index contributed by atoms with van der Waals surface area (Å²) in [6, 6.07) is 4.01. The summed E-state index contributed by atoms with van der Waals surface area (Å²) in [7, 11) is 1.96. The number of amides is 1. The number of ether oxygens (including phenoxy) is 1. The number of aryl methyl sites for hydroxylation is 1. The number of likely N-dealkylation sites (tertiary alicyclic amines) is 2. The first-order valence-electron chi connectivity index (χ1n) is 9.92. The molecule has 1 amide bonds.